The van der Waals surface area contributed by atoms with E-state index in [0.29, 0.717) is 21.9 Å². The van der Waals surface area contributed by atoms with E-state index in [2.05, 4.69) is 5.32 Å². The van der Waals surface area contributed by atoms with Gasteiger partial charge in [-0.3, -0.25) is 14.2 Å². The van der Waals surface area contributed by atoms with Crippen molar-refractivity contribution in [1.82, 2.24) is 9.55 Å². The first kappa shape index (κ1) is 21.9. The van der Waals surface area contributed by atoms with Crippen LogP contribution in [0.25, 0.3) is 22.1 Å². The van der Waals surface area contributed by atoms with Gasteiger partial charge < -0.3 is 9.73 Å². The van der Waals surface area contributed by atoms with Crippen LogP contribution in [0.15, 0.2) is 87.2 Å². The normalized spacial score (nSPS) is 11.2. The maximum Gasteiger partial charge on any atom is 0.298 e. The Morgan fingerprint density at radius 3 is 2.56 bits per heavy atom. The third-order valence-corrected chi connectivity index (χ3v) is 6.35. The lowest BCUT2D eigenvalue weighted by Crippen LogP contribution is -2.24. The number of carbonyl (C=O) groups excluding carboxylic acids is 1. The maximum absolute atomic E-state index is 13.4. The van der Waals surface area contributed by atoms with Crippen molar-refractivity contribution < 1.29 is 13.6 Å². The molecule has 5 rings (SSSR count). The number of thioether (sulfide) groups is 1. The van der Waals surface area contributed by atoms with Crippen LogP contribution in [0.5, 0.6) is 0 Å². The molecular formula is C26H20FN3O3S. The average molecular weight is 474 g/mol. The molecule has 0 atom stereocenters. The zero-order chi connectivity index (χ0) is 23.7. The van der Waals surface area contributed by atoms with Crippen LogP contribution in [0.1, 0.15) is 11.1 Å². The number of carbonyl (C=O) groups is 1. The van der Waals surface area contributed by atoms with E-state index in [9.17, 15) is 14.0 Å². The number of furan rings is 1. The summed E-state index contributed by atoms with van der Waals surface area (Å²) in [5.41, 5.74) is 3.34. The minimum Gasteiger partial charge on any atom is -0.448 e. The smallest absolute Gasteiger partial charge is 0.298 e. The fourth-order valence-corrected chi connectivity index (χ4v) is 4.43. The number of amides is 1. The lowest BCUT2D eigenvalue weighted by Gasteiger charge is -2.12. The molecule has 5 aromatic rings. The van der Waals surface area contributed by atoms with E-state index in [1.807, 2.05) is 49.4 Å². The van der Waals surface area contributed by atoms with Crippen molar-refractivity contribution in [2.75, 3.05) is 11.1 Å². The molecule has 3 aromatic carbocycles. The third kappa shape index (κ3) is 4.45. The first-order valence-electron chi connectivity index (χ1n) is 10.6. The lowest BCUT2D eigenvalue weighted by atomic mass is 10.2. The van der Waals surface area contributed by atoms with Gasteiger partial charge in [-0.2, -0.15) is 0 Å². The molecule has 34 heavy (non-hydrogen) atoms. The summed E-state index contributed by atoms with van der Waals surface area (Å²) in [7, 11) is 0. The van der Waals surface area contributed by atoms with Gasteiger partial charge in [0.1, 0.15) is 16.9 Å². The van der Waals surface area contributed by atoms with E-state index in [1.165, 1.54) is 16.7 Å². The molecule has 0 radical (unpaired) electrons. The van der Waals surface area contributed by atoms with E-state index in [1.54, 1.807) is 18.2 Å². The standard InChI is InChI=1S/C26H20FN3O3S/c1-16-6-12-19(13-7-16)28-22(31)15-34-26-29-23-20-4-2-3-5-21(20)33-24(23)25(32)30(26)14-17-8-10-18(27)11-9-17/h2-13H,14-15H2,1H3,(H,28,31). The number of anilines is 1. The van der Waals surface area contributed by atoms with Crippen molar-refractivity contribution in [1.29, 1.82) is 0 Å². The first-order chi connectivity index (χ1) is 16.5. The summed E-state index contributed by atoms with van der Waals surface area (Å²) >= 11 is 1.16. The average Bonchev–Trinajstić information content (AvgIpc) is 3.21. The highest BCUT2D eigenvalue weighted by Crippen LogP contribution is 2.27. The van der Waals surface area contributed by atoms with Crippen LogP contribution >= 0.6 is 11.8 Å². The zero-order valence-corrected chi connectivity index (χ0v) is 19.1. The number of aryl methyl sites for hydroxylation is 1. The summed E-state index contributed by atoms with van der Waals surface area (Å²) in [5.74, 6) is -0.511. The maximum atomic E-state index is 13.4. The topological polar surface area (TPSA) is 77.1 Å². The van der Waals surface area contributed by atoms with Crippen molar-refractivity contribution >= 4 is 45.4 Å². The number of hydrogen-bond acceptors (Lipinski definition) is 5. The van der Waals surface area contributed by atoms with Crippen LogP contribution in [0.3, 0.4) is 0 Å². The number of benzene rings is 3. The summed E-state index contributed by atoms with van der Waals surface area (Å²) < 4.78 is 20.6. The third-order valence-electron chi connectivity index (χ3n) is 5.37. The second kappa shape index (κ2) is 9.15. The summed E-state index contributed by atoms with van der Waals surface area (Å²) in [5, 5.41) is 3.97. The lowest BCUT2D eigenvalue weighted by molar-refractivity contribution is -0.113. The van der Waals surface area contributed by atoms with Gasteiger partial charge in [-0.05, 0) is 48.9 Å². The molecule has 0 aliphatic rings. The SMILES string of the molecule is Cc1ccc(NC(=O)CSc2nc3c(oc4ccccc43)c(=O)n2Cc2ccc(F)cc2)cc1. The zero-order valence-electron chi connectivity index (χ0n) is 18.2. The largest absolute Gasteiger partial charge is 0.448 e. The van der Waals surface area contributed by atoms with Crippen molar-refractivity contribution in [3.63, 3.8) is 0 Å². The number of hydrogen-bond donors (Lipinski definition) is 1. The van der Waals surface area contributed by atoms with E-state index < -0.39 is 0 Å². The molecule has 1 amide bonds. The molecule has 0 aliphatic heterocycles. The number of para-hydroxylation sites is 1. The molecule has 0 saturated heterocycles. The highest BCUT2D eigenvalue weighted by atomic mass is 32.2. The van der Waals surface area contributed by atoms with Crippen LogP contribution in [0.4, 0.5) is 10.1 Å². The van der Waals surface area contributed by atoms with Gasteiger partial charge in [0.15, 0.2) is 5.16 Å². The van der Waals surface area contributed by atoms with Gasteiger partial charge in [0.2, 0.25) is 11.5 Å². The summed E-state index contributed by atoms with van der Waals surface area (Å²) in [6.07, 6.45) is 0. The van der Waals surface area contributed by atoms with Crippen molar-refractivity contribution in [3.8, 4) is 0 Å². The molecule has 2 aromatic heterocycles. The van der Waals surface area contributed by atoms with Gasteiger partial charge in [0.25, 0.3) is 5.56 Å². The van der Waals surface area contributed by atoms with Gasteiger partial charge in [-0.1, -0.05) is 53.7 Å². The van der Waals surface area contributed by atoms with Crippen molar-refractivity contribution in [2.24, 2.45) is 0 Å². The Bertz CT molecular complexity index is 1560. The summed E-state index contributed by atoms with van der Waals surface area (Å²) in [4.78, 5) is 30.7. The summed E-state index contributed by atoms with van der Waals surface area (Å²) in [6, 6.07) is 20.7. The molecular weight excluding hydrogens is 453 g/mol. The molecule has 0 saturated carbocycles. The highest BCUT2D eigenvalue weighted by Gasteiger charge is 2.19. The first-order valence-corrected chi connectivity index (χ1v) is 11.6. The van der Waals surface area contributed by atoms with Crippen LogP contribution in [-0.4, -0.2) is 21.2 Å². The Morgan fingerprint density at radius 2 is 1.79 bits per heavy atom. The molecule has 2 heterocycles. The number of nitrogens with zero attached hydrogens (tertiary/aromatic N) is 2. The number of halogens is 1. The van der Waals surface area contributed by atoms with Crippen LogP contribution in [-0.2, 0) is 11.3 Å². The van der Waals surface area contributed by atoms with Gasteiger partial charge in [-0.15, -0.1) is 0 Å². The number of rotatable bonds is 6. The number of aromatic nitrogens is 2. The number of nitrogens with one attached hydrogen (secondary N) is 1. The molecule has 0 fully saturated rings. The van der Waals surface area contributed by atoms with E-state index in [-0.39, 0.29) is 35.2 Å². The molecule has 0 spiro atoms. The Morgan fingerprint density at radius 1 is 1.06 bits per heavy atom. The molecule has 1 N–H and O–H groups in total. The minimum atomic E-state index is -0.357. The predicted molar refractivity (Wildman–Crippen MR) is 132 cm³/mol. The van der Waals surface area contributed by atoms with Crippen LogP contribution < -0.4 is 10.9 Å². The Labute approximate surface area is 198 Å². The van der Waals surface area contributed by atoms with Crippen LogP contribution in [0.2, 0.25) is 0 Å². The minimum absolute atomic E-state index is 0.0605. The Hall–Kier alpha value is -3.91. The highest BCUT2D eigenvalue weighted by molar-refractivity contribution is 7.99. The Kier molecular flexibility index (Phi) is 5.90. The molecule has 8 heteroatoms. The van der Waals surface area contributed by atoms with Crippen molar-refractivity contribution in [2.45, 2.75) is 18.6 Å². The Balaban J connectivity index is 1.50. The fourth-order valence-electron chi connectivity index (χ4n) is 3.64. The quantitative estimate of drug-likeness (QED) is 0.265. The van der Waals surface area contributed by atoms with Gasteiger partial charge in [-0.25, -0.2) is 9.37 Å². The van der Waals surface area contributed by atoms with Crippen LogP contribution in [0, 0.1) is 12.7 Å². The number of fused-ring (bicyclic) bond motifs is 3. The van der Waals surface area contributed by atoms with Gasteiger partial charge >= 0.3 is 0 Å². The second-order valence-corrected chi connectivity index (χ2v) is 8.83. The monoisotopic (exact) mass is 473 g/mol. The molecule has 0 unspecified atom stereocenters. The second-order valence-electron chi connectivity index (χ2n) is 7.89. The molecule has 6 nitrogen and oxygen atoms in total. The van der Waals surface area contributed by atoms with E-state index in [0.717, 1.165) is 28.3 Å². The fraction of sp³-hybridized carbons (Fsp3) is 0.115. The van der Waals surface area contributed by atoms with Gasteiger partial charge in [0, 0.05) is 11.1 Å². The van der Waals surface area contributed by atoms with Gasteiger partial charge in [0.05, 0.1) is 12.3 Å². The van der Waals surface area contributed by atoms with E-state index >= 15 is 0 Å². The molecule has 170 valence electrons. The molecule has 0 bridgehead atoms. The van der Waals surface area contributed by atoms with Crippen molar-refractivity contribution in [3.05, 3.63) is 100 Å². The summed E-state index contributed by atoms with van der Waals surface area (Å²) in [6.45, 7) is 2.14. The van der Waals surface area contributed by atoms with E-state index in [4.69, 9.17) is 9.40 Å². The molecule has 0 aliphatic carbocycles. The predicted octanol–water partition coefficient (Wildman–Crippen LogP) is 5.37.